The van der Waals surface area contributed by atoms with E-state index >= 15 is 0 Å². The molecule has 0 spiro atoms. The van der Waals surface area contributed by atoms with Gasteiger partial charge >= 0.3 is 0 Å². The molecule has 0 radical (unpaired) electrons. The molecule has 1 unspecified atom stereocenters. The van der Waals surface area contributed by atoms with Crippen molar-refractivity contribution < 1.29 is 18.6 Å². The second-order valence-electron chi connectivity index (χ2n) is 7.95. The molecule has 2 saturated heterocycles. The van der Waals surface area contributed by atoms with Gasteiger partial charge in [0.1, 0.15) is 12.0 Å². The molecule has 1 atom stereocenters. The van der Waals surface area contributed by atoms with Gasteiger partial charge in [-0.3, -0.25) is 9.69 Å². The van der Waals surface area contributed by atoms with Crippen molar-refractivity contribution in [2.24, 2.45) is 5.92 Å². The fraction of sp³-hybridized carbons (Fsp3) is 0.571. The highest BCUT2D eigenvalue weighted by atomic mass is 19.1. The first-order valence-electron chi connectivity index (χ1n) is 10.3. The standard InChI is InChI=1S/C21H27FN4O3/c22-19-6-2-1-4-17(19)14-25-9-7-16(8-10-25)13-26(15-18-5-3-11-28-18)21(27)20-12-23-29-24-20/h1-2,4,6,12,16,18H,3,5,7-11,13-15H2. The zero-order chi connectivity index (χ0) is 20.1. The van der Waals surface area contributed by atoms with E-state index in [1.807, 2.05) is 17.0 Å². The number of likely N-dealkylation sites (tertiary alicyclic amines) is 1. The van der Waals surface area contributed by atoms with Crippen molar-refractivity contribution >= 4 is 5.91 Å². The third-order valence-corrected chi connectivity index (χ3v) is 5.85. The first-order valence-corrected chi connectivity index (χ1v) is 10.3. The van der Waals surface area contributed by atoms with Crippen LogP contribution in [-0.4, -0.2) is 64.9 Å². The van der Waals surface area contributed by atoms with Gasteiger partial charge in [0.2, 0.25) is 0 Å². The van der Waals surface area contributed by atoms with Crippen LogP contribution in [0, 0.1) is 11.7 Å². The second-order valence-corrected chi connectivity index (χ2v) is 7.95. The van der Waals surface area contributed by atoms with Crippen LogP contribution in [0.1, 0.15) is 41.7 Å². The maximum Gasteiger partial charge on any atom is 0.277 e. The molecule has 1 aromatic heterocycles. The summed E-state index contributed by atoms with van der Waals surface area (Å²) >= 11 is 0. The molecule has 2 aliphatic heterocycles. The normalized spacial score (nSPS) is 20.8. The Morgan fingerprint density at radius 3 is 2.72 bits per heavy atom. The van der Waals surface area contributed by atoms with Crippen molar-refractivity contribution in [3.8, 4) is 0 Å². The quantitative estimate of drug-likeness (QED) is 0.709. The van der Waals surface area contributed by atoms with Gasteiger partial charge in [0.25, 0.3) is 5.91 Å². The third kappa shape index (κ3) is 5.19. The molecule has 1 amide bonds. The Bertz CT molecular complexity index is 787. The average Bonchev–Trinajstić information content (AvgIpc) is 3.44. The summed E-state index contributed by atoms with van der Waals surface area (Å²) in [6.45, 7) is 4.41. The van der Waals surface area contributed by atoms with E-state index in [0.717, 1.165) is 50.9 Å². The highest BCUT2D eigenvalue weighted by molar-refractivity contribution is 5.91. The van der Waals surface area contributed by atoms with Gasteiger partial charge in [-0.25, -0.2) is 9.02 Å². The number of aromatic nitrogens is 2. The molecular weight excluding hydrogens is 375 g/mol. The number of ether oxygens (including phenoxy) is 1. The Kier molecular flexibility index (Phi) is 6.51. The number of carbonyl (C=O) groups excluding carboxylic acids is 1. The number of hydrogen-bond donors (Lipinski definition) is 0. The molecule has 156 valence electrons. The Morgan fingerprint density at radius 1 is 1.21 bits per heavy atom. The van der Waals surface area contributed by atoms with Crippen molar-refractivity contribution in [1.29, 1.82) is 0 Å². The number of carbonyl (C=O) groups is 1. The van der Waals surface area contributed by atoms with Gasteiger partial charge in [-0.1, -0.05) is 23.4 Å². The molecule has 2 aromatic rings. The van der Waals surface area contributed by atoms with Crippen LogP contribution in [0.2, 0.25) is 0 Å². The van der Waals surface area contributed by atoms with Crippen LogP contribution in [0.5, 0.6) is 0 Å². The molecule has 2 fully saturated rings. The van der Waals surface area contributed by atoms with Gasteiger partial charge in [-0.2, -0.15) is 0 Å². The zero-order valence-corrected chi connectivity index (χ0v) is 16.5. The first kappa shape index (κ1) is 20.0. The van der Waals surface area contributed by atoms with Crippen molar-refractivity contribution in [3.05, 3.63) is 47.5 Å². The summed E-state index contributed by atoms with van der Waals surface area (Å²) in [7, 11) is 0. The van der Waals surface area contributed by atoms with Gasteiger partial charge in [0.15, 0.2) is 5.69 Å². The topological polar surface area (TPSA) is 71.7 Å². The number of hydrogen-bond acceptors (Lipinski definition) is 6. The fourth-order valence-electron chi connectivity index (χ4n) is 4.20. The molecular formula is C21H27FN4O3. The monoisotopic (exact) mass is 402 g/mol. The Morgan fingerprint density at radius 2 is 2.03 bits per heavy atom. The lowest BCUT2D eigenvalue weighted by Gasteiger charge is -2.35. The molecule has 0 bridgehead atoms. The molecule has 0 N–H and O–H groups in total. The summed E-state index contributed by atoms with van der Waals surface area (Å²) in [6, 6.07) is 6.94. The van der Waals surface area contributed by atoms with Crippen molar-refractivity contribution in [2.45, 2.75) is 38.3 Å². The first-order chi connectivity index (χ1) is 14.2. The molecule has 7 nitrogen and oxygen atoms in total. The predicted octanol–water partition coefficient (Wildman–Crippen LogP) is 2.74. The van der Waals surface area contributed by atoms with E-state index < -0.39 is 0 Å². The van der Waals surface area contributed by atoms with Gasteiger partial charge in [-0.05, 0) is 55.9 Å². The van der Waals surface area contributed by atoms with E-state index in [1.54, 1.807) is 6.07 Å². The van der Waals surface area contributed by atoms with Crippen molar-refractivity contribution in [2.75, 3.05) is 32.8 Å². The van der Waals surface area contributed by atoms with Crippen LogP contribution < -0.4 is 0 Å². The number of amides is 1. The van der Waals surface area contributed by atoms with Crippen LogP contribution in [0.4, 0.5) is 4.39 Å². The number of nitrogens with zero attached hydrogens (tertiary/aromatic N) is 4. The lowest BCUT2D eigenvalue weighted by molar-refractivity contribution is 0.0437. The van der Waals surface area contributed by atoms with Crippen LogP contribution >= 0.6 is 0 Å². The van der Waals surface area contributed by atoms with E-state index in [0.29, 0.717) is 25.6 Å². The second kappa shape index (κ2) is 9.45. The third-order valence-electron chi connectivity index (χ3n) is 5.85. The molecule has 29 heavy (non-hydrogen) atoms. The molecule has 4 rings (SSSR count). The predicted molar refractivity (Wildman–Crippen MR) is 104 cm³/mol. The molecule has 1 aromatic carbocycles. The SMILES string of the molecule is O=C(c1cnon1)N(CC1CCN(Cc2ccccc2F)CC1)CC1CCCO1. The number of benzene rings is 1. The smallest absolute Gasteiger partial charge is 0.277 e. The Hall–Kier alpha value is -2.32. The number of rotatable bonds is 7. The summed E-state index contributed by atoms with van der Waals surface area (Å²) in [5.74, 6) is 0.0943. The molecule has 2 aliphatic rings. The van der Waals surface area contributed by atoms with E-state index in [1.165, 1.54) is 12.3 Å². The lowest BCUT2D eigenvalue weighted by atomic mass is 9.95. The minimum Gasteiger partial charge on any atom is -0.376 e. The highest BCUT2D eigenvalue weighted by Crippen LogP contribution is 2.23. The van der Waals surface area contributed by atoms with Crippen molar-refractivity contribution in [3.63, 3.8) is 0 Å². The summed E-state index contributed by atoms with van der Waals surface area (Å²) < 4.78 is 24.3. The summed E-state index contributed by atoms with van der Waals surface area (Å²) in [5, 5.41) is 7.27. The Labute approximate surface area is 169 Å². The number of piperidine rings is 1. The van der Waals surface area contributed by atoms with E-state index in [2.05, 4.69) is 19.8 Å². The molecule has 0 saturated carbocycles. The van der Waals surface area contributed by atoms with E-state index in [9.17, 15) is 9.18 Å². The minimum atomic E-state index is -0.157. The van der Waals surface area contributed by atoms with E-state index in [4.69, 9.17) is 4.74 Å². The van der Waals surface area contributed by atoms with E-state index in [-0.39, 0.29) is 23.5 Å². The van der Waals surface area contributed by atoms with Gasteiger partial charge < -0.3 is 9.64 Å². The van der Waals surface area contributed by atoms with Crippen molar-refractivity contribution in [1.82, 2.24) is 20.1 Å². The largest absolute Gasteiger partial charge is 0.376 e. The number of halogens is 1. The van der Waals surface area contributed by atoms with Crippen LogP contribution in [0.25, 0.3) is 0 Å². The lowest BCUT2D eigenvalue weighted by Crippen LogP contribution is -2.43. The zero-order valence-electron chi connectivity index (χ0n) is 16.5. The fourth-order valence-corrected chi connectivity index (χ4v) is 4.20. The summed E-state index contributed by atoms with van der Waals surface area (Å²) in [5.41, 5.74) is 0.972. The van der Waals surface area contributed by atoms with Crippen LogP contribution in [0.15, 0.2) is 35.1 Å². The maximum atomic E-state index is 13.9. The highest BCUT2D eigenvalue weighted by Gasteiger charge is 2.29. The van der Waals surface area contributed by atoms with Gasteiger partial charge in [0, 0.05) is 31.8 Å². The average molecular weight is 402 g/mol. The maximum absolute atomic E-state index is 13.9. The van der Waals surface area contributed by atoms with Crippen LogP contribution in [0.3, 0.4) is 0 Å². The van der Waals surface area contributed by atoms with Crippen LogP contribution in [-0.2, 0) is 11.3 Å². The van der Waals surface area contributed by atoms with Gasteiger partial charge in [0.05, 0.1) is 6.10 Å². The summed E-state index contributed by atoms with van der Waals surface area (Å²) in [4.78, 5) is 17.0. The molecule has 0 aliphatic carbocycles. The van der Waals surface area contributed by atoms with Gasteiger partial charge in [-0.15, -0.1) is 0 Å². The minimum absolute atomic E-state index is 0.0833. The molecule has 3 heterocycles. The summed E-state index contributed by atoms with van der Waals surface area (Å²) in [6.07, 6.45) is 5.40. The molecule has 8 heteroatoms. The Balaban J connectivity index is 1.33.